The van der Waals surface area contributed by atoms with Crippen molar-refractivity contribution in [1.29, 1.82) is 0 Å². The Morgan fingerprint density at radius 3 is 1.94 bits per heavy atom. The van der Waals surface area contributed by atoms with Gasteiger partial charge in [0.25, 0.3) is 5.91 Å². The van der Waals surface area contributed by atoms with Crippen LogP contribution in [0.1, 0.15) is 85.3 Å². The third kappa shape index (κ3) is 16.4. The number of cyclic esters (lactones) is 1. The maximum atomic E-state index is 14.4. The van der Waals surface area contributed by atoms with Crippen molar-refractivity contribution in [1.82, 2.24) is 37.2 Å². The molecule has 0 aliphatic carbocycles. The van der Waals surface area contributed by atoms with E-state index in [4.69, 9.17) is 4.74 Å². The van der Waals surface area contributed by atoms with Gasteiger partial charge >= 0.3 is 11.9 Å². The minimum absolute atomic E-state index is 0.0359. The van der Waals surface area contributed by atoms with Crippen molar-refractivity contribution in [3.63, 3.8) is 0 Å². The molecule has 1 aliphatic heterocycles. The molecule has 66 heavy (non-hydrogen) atoms. The van der Waals surface area contributed by atoms with Gasteiger partial charge in [0.1, 0.15) is 59.6 Å². The van der Waals surface area contributed by atoms with Crippen LogP contribution in [0.3, 0.4) is 0 Å². The summed E-state index contributed by atoms with van der Waals surface area (Å²) >= 11 is 0. The van der Waals surface area contributed by atoms with Crippen LogP contribution in [0.2, 0.25) is 0 Å². The molecule has 7 amide bonds. The maximum absolute atomic E-state index is 14.4. The van der Waals surface area contributed by atoms with Gasteiger partial charge in [-0.2, -0.15) is 0 Å². The molecule has 358 valence electrons. The molecule has 1 heterocycles. The Balaban J connectivity index is 2.08. The highest BCUT2D eigenvalue weighted by atomic mass is 16.5. The highest BCUT2D eigenvalue weighted by molar-refractivity contribution is 6.02. The first-order chi connectivity index (χ1) is 31.1. The minimum atomic E-state index is -1.78. The number of hydrogen-bond acceptors (Lipinski definition) is 12. The van der Waals surface area contributed by atoms with Gasteiger partial charge in [-0.25, -0.2) is 4.79 Å². The van der Waals surface area contributed by atoms with E-state index < -0.39 is 114 Å². The average Bonchev–Trinajstić information content (AvgIpc) is 3.27. The molecule has 1 fully saturated rings. The van der Waals surface area contributed by atoms with E-state index in [9.17, 15) is 58.5 Å². The largest absolute Gasteiger partial charge is 0.508 e. The van der Waals surface area contributed by atoms with Gasteiger partial charge in [0.15, 0.2) is 0 Å². The molecule has 20 heteroatoms. The summed E-state index contributed by atoms with van der Waals surface area (Å²) in [6.07, 6.45) is 0.611. The van der Waals surface area contributed by atoms with Crippen molar-refractivity contribution in [3.05, 3.63) is 83.1 Å². The fraction of sp³-hybridized carbons (Fsp3) is 0.457. The van der Waals surface area contributed by atoms with Crippen LogP contribution in [0.4, 0.5) is 0 Å². The van der Waals surface area contributed by atoms with Crippen LogP contribution < -0.4 is 37.2 Å². The Kier molecular flexibility index (Phi) is 20.3. The number of ether oxygens (including phenoxy) is 1. The van der Waals surface area contributed by atoms with Gasteiger partial charge < -0.3 is 57.3 Å². The van der Waals surface area contributed by atoms with E-state index in [0.29, 0.717) is 17.6 Å². The second kappa shape index (κ2) is 25.3. The Bertz CT molecular complexity index is 2160. The fourth-order valence-electron chi connectivity index (χ4n) is 6.58. The fourth-order valence-corrected chi connectivity index (χ4v) is 6.58. The number of carboxylic acid groups (broad SMARTS) is 1. The van der Waals surface area contributed by atoms with Crippen molar-refractivity contribution in [3.8, 4) is 11.5 Å². The summed E-state index contributed by atoms with van der Waals surface area (Å²) in [5.41, 5.74) is 1.23. The molecular formula is C46H61N7O13. The molecule has 0 bridgehead atoms. The van der Waals surface area contributed by atoms with Crippen LogP contribution in [0, 0.1) is 5.92 Å². The van der Waals surface area contributed by atoms with Gasteiger partial charge in [0.05, 0.1) is 0 Å². The van der Waals surface area contributed by atoms with Gasteiger partial charge in [-0.3, -0.25) is 38.4 Å². The summed E-state index contributed by atoms with van der Waals surface area (Å²) in [4.78, 5) is 121. The summed E-state index contributed by atoms with van der Waals surface area (Å²) in [7, 11) is 0. The number of benzene rings is 2. The zero-order chi connectivity index (χ0) is 49.2. The van der Waals surface area contributed by atoms with Crippen LogP contribution in [0.5, 0.6) is 11.5 Å². The number of aliphatic carboxylic acids is 1. The van der Waals surface area contributed by atoms with Crippen LogP contribution >= 0.6 is 0 Å². The van der Waals surface area contributed by atoms with Gasteiger partial charge in [0, 0.05) is 18.4 Å². The predicted molar refractivity (Wildman–Crippen MR) is 239 cm³/mol. The smallest absolute Gasteiger partial charge is 0.328 e. The van der Waals surface area contributed by atoms with Gasteiger partial charge in [0.2, 0.25) is 35.4 Å². The second-order valence-electron chi connectivity index (χ2n) is 16.2. The van der Waals surface area contributed by atoms with Crippen LogP contribution in [-0.2, 0) is 60.7 Å². The first-order valence-corrected chi connectivity index (χ1v) is 21.5. The number of esters is 1. The lowest BCUT2D eigenvalue weighted by atomic mass is 10.00. The van der Waals surface area contributed by atoms with Gasteiger partial charge in [-0.1, -0.05) is 50.3 Å². The average molecular weight is 920 g/mol. The number of carbonyl (C=O) groups excluding carboxylic acids is 8. The van der Waals surface area contributed by atoms with Crippen molar-refractivity contribution < 1.29 is 63.2 Å². The van der Waals surface area contributed by atoms with E-state index in [-0.39, 0.29) is 36.5 Å². The van der Waals surface area contributed by atoms with Gasteiger partial charge in [-0.05, 0) is 102 Å². The van der Waals surface area contributed by atoms with Crippen LogP contribution in [0.25, 0.3) is 0 Å². The van der Waals surface area contributed by atoms with E-state index in [1.54, 1.807) is 45.9 Å². The molecule has 10 N–H and O–H groups in total. The molecule has 2 aromatic rings. The number of phenols is 2. The first-order valence-electron chi connectivity index (χ1n) is 21.5. The summed E-state index contributed by atoms with van der Waals surface area (Å²) in [5, 5.41) is 46.7. The molecule has 1 aliphatic rings. The van der Waals surface area contributed by atoms with E-state index in [2.05, 4.69) is 37.2 Å². The molecule has 1 saturated heterocycles. The number of phenolic OH excluding ortho intramolecular Hbond substituents is 2. The Hall–Kier alpha value is -7.25. The lowest BCUT2D eigenvalue weighted by Gasteiger charge is -2.30. The zero-order valence-corrected chi connectivity index (χ0v) is 38.1. The van der Waals surface area contributed by atoms with Crippen LogP contribution in [0.15, 0.2) is 72.0 Å². The minimum Gasteiger partial charge on any atom is -0.508 e. The molecule has 0 aromatic heterocycles. The number of carbonyl (C=O) groups is 9. The monoisotopic (exact) mass is 919 g/mol. The number of carboxylic acids is 1. The zero-order valence-electron chi connectivity index (χ0n) is 38.1. The lowest BCUT2D eigenvalue weighted by Crippen LogP contribution is -2.62. The molecule has 0 spiro atoms. The molecule has 0 radical (unpaired) electrons. The standard InChI is InChI=1S/C46H61N7O13/c1-8-25(5)39(58)52-37(24(3)4)44(63)51-35(23-29-15-19-31(55)20-16-29)43(62)53-38-27(7)66-46(65)34(12-10-11-28-13-17-30(54)18-14-28)50-42(61)33(21-22-36(56)57)49-41(60)32(9-2)48-40(59)26(6)47-45(38)64/h8-9,13-20,24,26-27,33-35,37-38,54-55H,10-12,21-23H2,1-7H3,(H,47,64)(H,48,59)(H,49,60)(H,50,61)(H,51,63)(H,52,58)(H,53,62)(H,56,57)/b25-8+,32-9-/t26-,27+,33+,34-,35-,37-,38-/m0/s1. The number of aryl methyl sites for hydroxylation is 1. The van der Waals surface area contributed by atoms with Crippen molar-refractivity contribution in [2.75, 3.05) is 0 Å². The normalized spacial score (nSPS) is 21.6. The summed E-state index contributed by atoms with van der Waals surface area (Å²) in [6.45, 7) is 10.5. The third-order valence-corrected chi connectivity index (χ3v) is 10.7. The maximum Gasteiger partial charge on any atom is 0.328 e. The quantitative estimate of drug-likeness (QED) is 0.0833. The van der Waals surface area contributed by atoms with E-state index in [1.807, 2.05) is 0 Å². The summed E-state index contributed by atoms with van der Waals surface area (Å²) < 4.78 is 5.78. The number of amides is 7. The molecule has 3 rings (SSSR count). The summed E-state index contributed by atoms with van der Waals surface area (Å²) in [6, 6.07) is 3.29. The number of rotatable bonds is 16. The molecule has 0 saturated carbocycles. The van der Waals surface area contributed by atoms with Crippen molar-refractivity contribution in [2.45, 2.75) is 129 Å². The molecule has 0 unspecified atom stereocenters. The Morgan fingerprint density at radius 1 is 0.773 bits per heavy atom. The van der Waals surface area contributed by atoms with Gasteiger partial charge in [-0.15, -0.1) is 0 Å². The Labute approximate surface area is 382 Å². The van der Waals surface area contributed by atoms with E-state index >= 15 is 0 Å². The lowest BCUT2D eigenvalue weighted by molar-refractivity contribution is -0.156. The highest BCUT2D eigenvalue weighted by Gasteiger charge is 2.38. The SMILES string of the molecule is C/C=C1\NC(=O)[C@H](C)NC(=O)[C@@H](NC(=O)[C@H](Cc2ccc(O)cc2)NC(=O)[C@@H](NC(=O)/C(C)=C/C)C(C)C)[C@@H](C)OC(=O)[C@H](CCCc2ccc(O)cc2)NC(=O)[C@@H](CCC(=O)O)NC1=O. The predicted octanol–water partition coefficient (Wildman–Crippen LogP) is 1.04. The number of hydrogen-bond donors (Lipinski definition) is 10. The highest BCUT2D eigenvalue weighted by Crippen LogP contribution is 2.16. The summed E-state index contributed by atoms with van der Waals surface area (Å²) in [5.74, 6) is -8.97. The molecule has 2 aromatic carbocycles. The van der Waals surface area contributed by atoms with E-state index in [1.165, 1.54) is 63.2 Å². The Morgan fingerprint density at radius 2 is 1.38 bits per heavy atom. The van der Waals surface area contributed by atoms with E-state index in [0.717, 1.165) is 5.56 Å². The molecule has 7 atom stereocenters. The number of allylic oxidation sites excluding steroid dienone is 2. The number of aromatic hydroxyl groups is 2. The number of nitrogens with one attached hydrogen (secondary N) is 7. The van der Waals surface area contributed by atoms with Crippen LogP contribution in [-0.4, -0.2) is 111 Å². The third-order valence-electron chi connectivity index (χ3n) is 10.7. The molecular weight excluding hydrogens is 859 g/mol. The topological polar surface area (TPSA) is 308 Å². The molecule has 20 nitrogen and oxygen atoms in total. The van der Waals surface area contributed by atoms with Crippen molar-refractivity contribution >= 4 is 53.3 Å². The second-order valence-corrected chi connectivity index (χ2v) is 16.2. The van der Waals surface area contributed by atoms with Crippen molar-refractivity contribution in [2.24, 2.45) is 5.92 Å². The first kappa shape index (κ1) is 53.1.